The Morgan fingerprint density at radius 2 is 1.54 bits per heavy atom. The summed E-state index contributed by atoms with van der Waals surface area (Å²) in [6, 6.07) is 20.9. The summed E-state index contributed by atoms with van der Waals surface area (Å²) >= 11 is 3.75. The number of cyclic esters (lactones) is 1. The van der Waals surface area contributed by atoms with Crippen LogP contribution in [0.5, 0.6) is 0 Å². The van der Waals surface area contributed by atoms with Crippen molar-refractivity contribution >= 4 is 29.5 Å². The van der Waals surface area contributed by atoms with Gasteiger partial charge in [-0.2, -0.15) is 23.5 Å². The molecule has 0 saturated carbocycles. The molecule has 0 aromatic heterocycles. The lowest BCUT2D eigenvalue weighted by Crippen LogP contribution is -2.19. The van der Waals surface area contributed by atoms with E-state index in [0.717, 1.165) is 29.4 Å². The topological polar surface area (TPSA) is 26.3 Å². The second-order valence-corrected chi connectivity index (χ2v) is 8.95. The second kappa shape index (κ2) is 10.1. The van der Waals surface area contributed by atoms with Gasteiger partial charge in [-0.05, 0) is 23.3 Å². The zero-order valence-corrected chi connectivity index (χ0v) is 16.8. The Labute approximate surface area is 165 Å². The average Bonchev–Trinajstić information content (AvgIpc) is 3.04. The van der Waals surface area contributed by atoms with Gasteiger partial charge in [0.1, 0.15) is 6.10 Å². The first-order valence-corrected chi connectivity index (χ1v) is 11.5. The van der Waals surface area contributed by atoms with E-state index in [1.54, 1.807) is 0 Å². The molecule has 0 spiro atoms. The molecule has 0 aliphatic carbocycles. The van der Waals surface area contributed by atoms with Gasteiger partial charge in [-0.15, -0.1) is 0 Å². The molecule has 3 rings (SSSR count). The van der Waals surface area contributed by atoms with Gasteiger partial charge in [0.2, 0.25) is 0 Å². The van der Waals surface area contributed by atoms with Crippen LogP contribution in [0.15, 0.2) is 60.7 Å². The van der Waals surface area contributed by atoms with Gasteiger partial charge >= 0.3 is 5.97 Å². The van der Waals surface area contributed by atoms with Gasteiger partial charge in [0.05, 0.1) is 5.92 Å². The molecule has 2 nitrogen and oxygen atoms in total. The Bertz CT molecular complexity index is 675. The van der Waals surface area contributed by atoms with Crippen molar-refractivity contribution in [2.45, 2.75) is 31.0 Å². The van der Waals surface area contributed by atoms with Gasteiger partial charge in [-0.3, -0.25) is 4.79 Å². The second-order valence-electron chi connectivity index (χ2n) is 6.89. The van der Waals surface area contributed by atoms with E-state index in [-0.39, 0.29) is 18.0 Å². The van der Waals surface area contributed by atoms with Crippen molar-refractivity contribution in [2.75, 3.05) is 11.5 Å². The van der Waals surface area contributed by atoms with Crippen molar-refractivity contribution in [2.24, 2.45) is 11.8 Å². The monoisotopic (exact) mass is 386 g/mol. The highest BCUT2D eigenvalue weighted by molar-refractivity contribution is 7.98. The van der Waals surface area contributed by atoms with Gasteiger partial charge < -0.3 is 4.74 Å². The molecular formula is C22H26O2S2. The van der Waals surface area contributed by atoms with Crippen LogP contribution in [-0.4, -0.2) is 23.6 Å². The van der Waals surface area contributed by atoms with Crippen LogP contribution in [0.4, 0.5) is 0 Å². The number of benzene rings is 2. The van der Waals surface area contributed by atoms with Crippen LogP contribution in [0.3, 0.4) is 0 Å². The zero-order valence-electron chi connectivity index (χ0n) is 15.2. The molecule has 1 saturated heterocycles. The van der Waals surface area contributed by atoms with Crippen molar-refractivity contribution in [3.63, 3.8) is 0 Å². The molecule has 1 heterocycles. The minimum Gasteiger partial charge on any atom is -0.462 e. The number of ether oxygens (including phenoxy) is 1. The summed E-state index contributed by atoms with van der Waals surface area (Å²) in [6.45, 7) is 2.20. The van der Waals surface area contributed by atoms with E-state index >= 15 is 0 Å². The Morgan fingerprint density at radius 3 is 2.15 bits per heavy atom. The zero-order chi connectivity index (χ0) is 18.2. The third kappa shape index (κ3) is 5.82. The summed E-state index contributed by atoms with van der Waals surface area (Å²) in [5.74, 6) is 4.30. The van der Waals surface area contributed by atoms with Crippen LogP contribution in [0.2, 0.25) is 0 Å². The molecule has 2 aromatic rings. The molecule has 1 aliphatic rings. The van der Waals surface area contributed by atoms with E-state index < -0.39 is 0 Å². The van der Waals surface area contributed by atoms with E-state index in [9.17, 15) is 4.79 Å². The molecule has 2 aromatic carbocycles. The standard InChI is InChI=1S/C22H26O2S2/c1-17(13-25-14-18-8-4-2-5-9-18)21-12-20(22(23)24-21)16-26-15-19-10-6-3-7-11-19/h2-11,17,20-21H,12-16H2,1H3. The third-order valence-corrected chi connectivity index (χ3v) is 7.15. The van der Waals surface area contributed by atoms with Crippen LogP contribution in [0, 0.1) is 11.8 Å². The smallest absolute Gasteiger partial charge is 0.310 e. The number of hydrogen-bond donors (Lipinski definition) is 0. The first-order valence-electron chi connectivity index (χ1n) is 9.16. The fraction of sp³-hybridized carbons (Fsp3) is 0.409. The van der Waals surface area contributed by atoms with Crippen molar-refractivity contribution in [1.82, 2.24) is 0 Å². The van der Waals surface area contributed by atoms with Crippen LogP contribution >= 0.6 is 23.5 Å². The Kier molecular flexibility index (Phi) is 7.51. The summed E-state index contributed by atoms with van der Waals surface area (Å²) in [5, 5.41) is 0. The van der Waals surface area contributed by atoms with Crippen molar-refractivity contribution in [3.8, 4) is 0 Å². The molecule has 26 heavy (non-hydrogen) atoms. The minimum absolute atomic E-state index is 0.00419. The average molecular weight is 387 g/mol. The highest BCUT2D eigenvalue weighted by atomic mass is 32.2. The van der Waals surface area contributed by atoms with Gasteiger partial charge in [-0.1, -0.05) is 67.6 Å². The van der Waals surface area contributed by atoms with Crippen molar-refractivity contribution < 1.29 is 9.53 Å². The normalized spacial score (nSPS) is 20.7. The molecule has 4 heteroatoms. The van der Waals surface area contributed by atoms with E-state index in [0.29, 0.717) is 5.92 Å². The van der Waals surface area contributed by atoms with Crippen molar-refractivity contribution in [1.29, 1.82) is 0 Å². The first kappa shape index (κ1) is 19.4. The molecule has 3 unspecified atom stereocenters. The summed E-state index contributed by atoms with van der Waals surface area (Å²) in [7, 11) is 0. The fourth-order valence-electron chi connectivity index (χ4n) is 3.09. The molecule has 1 aliphatic heterocycles. The number of rotatable bonds is 9. The molecule has 0 N–H and O–H groups in total. The molecule has 0 amide bonds. The molecule has 0 radical (unpaired) electrons. The maximum absolute atomic E-state index is 12.2. The number of carbonyl (C=O) groups is 1. The van der Waals surface area contributed by atoms with E-state index in [1.165, 1.54) is 11.1 Å². The lowest BCUT2D eigenvalue weighted by molar-refractivity contribution is -0.145. The fourth-order valence-corrected chi connectivity index (χ4v) is 5.33. The molecule has 0 bridgehead atoms. The molecule has 138 valence electrons. The van der Waals surface area contributed by atoms with Gasteiger partial charge in [-0.25, -0.2) is 0 Å². The van der Waals surface area contributed by atoms with Crippen LogP contribution < -0.4 is 0 Å². The number of carbonyl (C=O) groups excluding carboxylic acids is 1. The lowest BCUT2D eigenvalue weighted by atomic mass is 9.99. The predicted molar refractivity (Wildman–Crippen MR) is 112 cm³/mol. The Balaban J connectivity index is 1.37. The van der Waals surface area contributed by atoms with E-state index in [4.69, 9.17) is 4.74 Å². The third-order valence-electron chi connectivity index (χ3n) is 4.68. The van der Waals surface area contributed by atoms with Crippen LogP contribution in [-0.2, 0) is 21.0 Å². The quantitative estimate of drug-likeness (QED) is 0.538. The van der Waals surface area contributed by atoms with E-state index in [1.807, 2.05) is 35.7 Å². The SMILES string of the molecule is CC(CSCc1ccccc1)C1CC(CSCc2ccccc2)C(=O)O1. The lowest BCUT2D eigenvalue weighted by Gasteiger charge is -2.17. The first-order chi connectivity index (χ1) is 12.7. The maximum Gasteiger partial charge on any atom is 0.310 e. The minimum atomic E-state index is -0.00419. The van der Waals surface area contributed by atoms with Gasteiger partial charge in [0.15, 0.2) is 0 Å². The largest absolute Gasteiger partial charge is 0.462 e. The number of hydrogen-bond acceptors (Lipinski definition) is 4. The van der Waals surface area contributed by atoms with Gasteiger partial charge in [0, 0.05) is 23.2 Å². The Hall–Kier alpha value is -1.39. The highest BCUT2D eigenvalue weighted by Gasteiger charge is 2.36. The summed E-state index contributed by atoms with van der Waals surface area (Å²) < 4.78 is 5.68. The highest BCUT2D eigenvalue weighted by Crippen LogP contribution is 2.31. The Morgan fingerprint density at radius 1 is 0.962 bits per heavy atom. The van der Waals surface area contributed by atoms with Gasteiger partial charge in [0.25, 0.3) is 0 Å². The molecule has 3 atom stereocenters. The van der Waals surface area contributed by atoms with Crippen LogP contribution in [0.25, 0.3) is 0 Å². The number of esters is 1. The van der Waals surface area contributed by atoms with Crippen LogP contribution in [0.1, 0.15) is 24.5 Å². The van der Waals surface area contributed by atoms with E-state index in [2.05, 4.69) is 55.5 Å². The molecular weight excluding hydrogens is 360 g/mol. The maximum atomic E-state index is 12.2. The summed E-state index contributed by atoms with van der Waals surface area (Å²) in [5.41, 5.74) is 2.66. The number of thioether (sulfide) groups is 2. The summed E-state index contributed by atoms with van der Waals surface area (Å²) in [6.07, 6.45) is 0.946. The molecule has 1 fully saturated rings. The van der Waals surface area contributed by atoms with Crippen molar-refractivity contribution in [3.05, 3.63) is 71.8 Å². The summed E-state index contributed by atoms with van der Waals surface area (Å²) in [4.78, 5) is 12.2. The predicted octanol–water partition coefficient (Wildman–Crippen LogP) is 5.42.